The quantitative estimate of drug-likeness (QED) is 0.801. The third-order valence-corrected chi connectivity index (χ3v) is 4.24. The summed E-state index contributed by atoms with van der Waals surface area (Å²) in [6.45, 7) is 1.93. The second-order valence-corrected chi connectivity index (χ2v) is 5.35. The van der Waals surface area contributed by atoms with Gasteiger partial charge in [-0.2, -0.15) is 0 Å². The van der Waals surface area contributed by atoms with Gasteiger partial charge >= 0.3 is 6.03 Å². The Bertz CT molecular complexity index is 601. The molecule has 0 radical (unpaired) electrons. The number of aliphatic imine (C=N–C) groups is 1. The van der Waals surface area contributed by atoms with Gasteiger partial charge in [-0.25, -0.2) is 9.79 Å². The van der Waals surface area contributed by atoms with Crippen molar-refractivity contribution < 1.29 is 14.3 Å². The van der Waals surface area contributed by atoms with Gasteiger partial charge in [-0.1, -0.05) is 6.07 Å². The molecule has 2 atom stereocenters. The summed E-state index contributed by atoms with van der Waals surface area (Å²) in [5, 5.41) is 6.39. The minimum Gasteiger partial charge on any atom is -0.454 e. The Labute approximate surface area is 116 Å². The first-order chi connectivity index (χ1) is 9.77. The van der Waals surface area contributed by atoms with Gasteiger partial charge in [-0.3, -0.25) is 0 Å². The Morgan fingerprint density at radius 3 is 3.05 bits per heavy atom. The van der Waals surface area contributed by atoms with E-state index in [4.69, 9.17) is 9.47 Å². The summed E-state index contributed by atoms with van der Waals surface area (Å²) in [6.07, 6.45) is 2.60. The largest absolute Gasteiger partial charge is 0.454 e. The molecule has 104 valence electrons. The number of nitrogens with one attached hydrogen (secondary N) is 2. The molecule has 0 aliphatic carbocycles. The summed E-state index contributed by atoms with van der Waals surface area (Å²) >= 11 is 0. The topological polar surface area (TPSA) is 72.0 Å². The number of nitrogens with zero attached hydrogens (tertiary/aromatic N) is 1. The SMILES string of the molecule is O=C1N=CC2(CCNCC2c2ccc3c(c2)OCO3)N1. The van der Waals surface area contributed by atoms with Crippen LogP contribution in [0.15, 0.2) is 23.2 Å². The van der Waals surface area contributed by atoms with Gasteiger partial charge in [0.05, 0.1) is 5.54 Å². The number of amides is 2. The second kappa shape index (κ2) is 4.21. The standard InChI is InChI=1S/C14H15N3O3/c18-13-16-7-14(17-13)3-4-15-6-10(14)9-1-2-11-12(5-9)20-8-19-11/h1-2,5,7,10,15H,3-4,6,8H2,(H,17,18). The third-order valence-electron chi connectivity index (χ3n) is 4.24. The molecule has 0 saturated carbocycles. The third kappa shape index (κ3) is 1.68. The normalized spacial score (nSPS) is 30.8. The highest BCUT2D eigenvalue weighted by Crippen LogP contribution is 2.39. The van der Waals surface area contributed by atoms with E-state index in [-0.39, 0.29) is 24.3 Å². The van der Waals surface area contributed by atoms with Crippen molar-refractivity contribution in [3.8, 4) is 11.5 Å². The molecule has 1 saturated heterocycles. The number of benzene rings is 1. The van der Waals surface area contributed by atoms with E-state index in [0.717, 1.165) is 36.6 Å². The van der Waals surface area contributed by atoms with Crippen LogP contribution >= 0.6 is 0 Å². The van der Waals surface area contributed by atoms with Gasteiger partial charge in [0.2, 0.25) is 6.79 Å². The molecule has 2 N–H and O–H groups in total. The van der Waals surface area contributed by atoms with Crippen LogP contribution in [0.4, 0.5) is 4.79 Å². The summed E-state index contributed by atoms with van der Waals surface area (Å²) < 4.78 is 10.8. The first-order valence-corrected chi connectivity index (χ1v) is 6.74. The van der Waals surface area contributed by atoms with Crippen molar-refractivity contribution in [1.82, 2.24) is 10.6 Å². The molecule has 1 fully saturated rings. The van der Waals surface area contributed by atoms with Gasteiger partial charge in [-0.05, 0) is 30.7 Å². The molecule has 6 nitrogen and oxygen atoms in total. The van der Waals surface area contributed by atoms with Crippen LogP contribution in [-0.4, -0.2) is 37.7 Å². The molecule has 6 heteroatoms. The van der Waals surface area contributed by atoms with Gasteiger partial charge in [0.25, 0.3) is 0 Å². The molecule has 20 heavy (non-hydrogen) atoms. The lowest BCUT2D eigenvalue weighted by Crippen LogP contribution is -2.57. The van der Waals surface area contributed by atoms with Gasteiger partial charge in [0.1, 0.15) is 0 Å². The van der Waals surface area contributed by atoms with Crippen LogP contribution in [0, 0.1) is 0 Å². The zero-order chi connectivity index (χ0) is 13.6. The zero-order valence-corrected chi connectivity index (χ0v) is 10.9. The molecule has 0 aromatic heterocycles. The maximum atomic E-state index is 11.5. The average Bonchev–Trinajstić information content (AvgIpc) is 3.06. The van der Waals surface area contributed by atoms with E-state index in [9.17, 15) is 4.79 Å². The fraction of sp³-hybridized carbons (Fsp3) is 0.429. The van der Waals surface area contributed by atoms with Crippen molar-refractivity contribution in [2.24, 2.45) is 4.99 Å². The van der Waals surface area contributed by atoms with Crippen molar-refractivity contribution >= 4 is 12.2 Å². The molecule has 3 aliphatic rings. The molecule has 4 rings (SSSR count). The van der Waals surface area contributed by atoms with E-state index in [1.807, 2.05) is 18.2 Å². The van der Waals surface area contributed by atoms with Crippen LogP contribution in [-0.2, 0) is 0 Å². The Balaban J connectivity index is 1.72. The average molecular weight is 273 g/mol. The molecule has 2 unspecified atom stereocenters. The predicted octanol–water partition coefficient (Wildman–Crippen LogP) is 1.02. The summed E-state index contributed by atoms with van der Waals surface area (Å²) in [5.41, 5.74) is 0.742. The molecular weight excluding hydrogens is 258 g/mol. The molecule has 1 aromatic carbocycles. The van der Waals surface area contributed by atoms with Crippen LogP contribution in [0.2, 0.25) is 0 Å². The summed E-state index contributed by atoms with van der Waals surface area (Å²) in [6, 6.07) is 5.71. The van der Waals surface area contributed by atoms with Crippen LogP contribution in [0.3, 0.4) is 0 Å². The van der Waals surface area contributed by atoms with Crippen molar-refractivity contribution in [2.45, 2.75) is 17.9 Å². The highest BCUT2D eigenvalue weighted by Gasteiger charge is 2.44. The summed E-state index contributed by atoms with van der Waals surface area (Å²) in [7, 11) is 0. The highest BCUT2D eigenvalue weighted by molar-refractivity contribution is 5.96. The predicted molar refractivity (Wildman–Crippen MR) is 72.5 cm³/mol. The van der Waals surface area contributed by atoms with Crippen molar-refractivity contribution in [3.63, 3.8) is 0 Å². The van der Waals surface area contributed by atoms with E-state index >= 15 is 0 Å². The monoisotopic (exact) mass is 273 g/mol. The molecule has 1 aromatic rings. The molecule has 1 spiro atoms. The van der Waals surface area contributed by atoms with Crippen molar-refractivity contribution in [2.75, 3.05) is 19.9 Å². The Morgan fingerprint density at radius 2 is 2.20 bits per heavy atom. The first-order valence-electron chi connectivity index (χ1n) is 6.74. The van der Waals surface area contributed by atoms with E-state index < -0.39 is 0 Å². The number of ether oxygens (including phenoxy) is 2. The van der Waals surface area contributed by atoms with Gasteiger partial charge in [0.15, 0.2) is 11.5 Å². The van der Waals surface area contributed by atoms with E-state index in [1.165, 1.54) is 0 Å². The molecule has 0 bridgehead atoms. The zero-order valence-electron chi connectivity index (χ0n) is 10.9. The highest BCUT2D eigenvalue weighted by atomic mass is 16.7. The Kier molecular flexibility index (Phi) is 2.47. The van der Waals surface area contributed by atoms with Crippen LogP contribution in [0.1, 0.15) is 17.9 Å². The van der Waals surface area contributed by atoms with Crippen LogP contribution in [0.5, 0.6) is 11.5 Å². The smallest absolute Gasteiger partial charge is 0.341 e. The first kappa shape index (κ1) is 11.7. The number of piperidine rings is 1. The van der Waals surface area contributed by atoms with E-state index in [1.54, 1.807) is 6.21 Å². The minimum absolute atomic E-state index is 0.140. The van der Waals surface area contributed by atoms with Crippen molar-refractivity contribution in [3.05, 3.63) is 23.8 Å². The lowest BCUT2D eigenvalue weighted by molar-refractivity contribution is 0.174. The van der Waals surface area contributed by atoms with Gasteiger partial charge < -0.3 is 20.1 Å². The number of hydrogen-bond acceptors (Lipinski definition) is 4. The summed E-state index contributed by atoms with van der Waals surface area (Å²) in [5.74, 6) is 1.68. The number of urea groups is 1. The lowest BCUT2D eigenvalue weighted by atomic mass is 9.75. The fourth-order valence-corrected chi connectivity index (χ4v) is 3.18. The van der Waals surface area contributed by atoms with Gasteiger partial charge in [0, 0.05) is 18.7 Å². The van der Waals surface area contributed by atoms with Crippen LogP contribution < -0.4 is 20.1 Å². The Morgan fingerprint density at radius 1 is 1.30 bits per heavy atom. The number of carbonyl (C=O) groups is 1. The molecule has 3 aliphatic heterocycles. The number of fused-ring (bicyclic) bond motifs is 1. The number of hydrogen-bond donors (Lipinski definition) is 2. The minimum atomic E-state index is -0.379. The Hall–Kier alpha value is -2.08. The van der Waals surface area contributed by atoms with Crippen molar-refractivity contribution in [1.29, 1.82) is 0 Å². The second-order valence-electron chi connectivity index (χ2n) is 5.35. The lowest BCUT2D eigenvalue weighted by Gasteiger charge is -2.39. The molecule has 3 heterocycles. The maximum absolute atomic E-state index is 11.5. The van der Waals surface area contributed by atoms with E-state index in [0.29, 0.717) is 0 Å². The van der Waals surface area contributed by atoms with E-state index in [2.05, 4.69) is 15.6 Å². The molecular formula is C14H15N3O3. The fourth-order valence-electron chi connectivity index (χ4n) is 3.18. The summed E-state index contributed by atoms with van der Waals surface area (Å²) in [4.78, 5) is 15.4. The number of carbonyl (C=O) groups excluding carboxylic acids is 1. The maximum Gasteiger partial charge on any atom is 0.341 e. The number of rotatable bonds is 1. The molecule has 2 amide bonds. The van der Waals surface area contributed by atoms with Gasteiger partial charge in [-0.15, -0.1) is 0 Å². The van der Waals surface area contributed by atoms with Crippen LogP contribution in [0.25, 0.3) is 0 Å².